The third-order valence-electron chi connectivity index (χ3n) is 2.58. The van der Waals surface area contributed by atoms with Crippen LogP contribution in [0.2, 0.25) is 0 Å². The van der Waals surface area contributed by atoms with Gasteiger partial charge in [-0.05, 0) is 31.5 Å². The smallest absolute Gasteiger partial charge is 0.0992 e. The molecule has 1 aromatic heterocycles. The van der Waals surface area contributed by atoms with Gasteiger partial charge in [-0.1, -0.05) is 6.42 Å². The van der Waals surface area contributed by atoms with Gasteiger partial charge >= 0.3 is 0 Å². The molecule has 0 radical (unpaired) electrons. The van der Waals surface area contributed by atoms with Crippen molar-refractivity contribution < 1.29 is 0 Å². The van der Waals surface area contributed by atoms with Crippen molar-refractivity contribution in [2.24, 2.45) is 0 Å². The number of nitrogens with zero attached hydrogens (tertiary/aromatic N) is 2. The topological polar surface area (TPSA) is 48.7 Å². The molecule has 0 amide bonds. The molecule has 1 aliphatic heterocycles. The first-order chi connectivity index (χ1) is 6.90. The molecule has 0 aliphatic carbocycles. The van der Waals surface area contributed by atoms with Gasteiger partial charge in [-0.15, -0.1) is 0 Å². The van der Waals surface area contributed by atoms with Crippen LogP contribution >= 0.6 is 0 Å². The van der Waals surface area contributed by atoms with E-state index < -0.39 is 0 Å². The Kier molecular flexibility index (Phi) is 2.76. The summed E-state index contributed by atoms with van der Waals surface area (Å²) in [4.78, 5) is 4.30. The minimum Gasteiger partial charge on any atom is -0.309 e. The third-order valence-corrected chi connectivity index (χ3v) is 2.58. The number of pyridine rings is 1. The number of hydrogen-bond acceptors (Lipinski definition) is 3. The predicted octanol–water partition coefficient (Wildman–Crippen LogP) is 1.77. The van der Waals surface area contributed by atoms with Gasteiger partial charge in [0.1, 0.15) is 0 Å². The van der Waals surface area contributed by atoms with E-state index in [1.54, 1.807) is 12.3 Å². The molecule has 0 spiro atoms. The Balaban J connectivity index is 2.18. The molecule has 1 atom stereocenters. The number of nitrogens with one attached hydrogen (secondary N) is 1. The van der Waals surface area contributed by atoms with Crippen LogP contribution in [0.25, 0.3) is 0 Å². The zero-order valence-electron chi connectivity index (χ0n) is 8.03. The number of hydrogen-bond donors (Lipinski definition) is 1. The molecule has 1 N–H and O–H groups in total. The molecule has 1 saturated heterocycles. The second kappa shape index (κ2) is 4.21. The van der Waals surface area contributed by atoms with Crippen LogP contribution in [-0.2, 0) is 0 Å². The summed E-state index contributed by atoms with van der Waals surface area (Å²) in [5, 5.41) is 12.2. The van der Waals surface area contributed by atoms with E-state index in [9.17, 15) is 0 Å². The first-order valence-corrected chi connectivity index (χ1v) is 4.99. The van der Waals surface area contributed by atoms with Crippen LogP contribution in [0.3, 0.4) is 0 Å². The fraction of sp³-hybridized carbons (Fsp3) is 0.455. The van der Waals surface area contributed by atoms with Crippen LogP contribution in [0.1, 0.15) is 36.6 Å². The summed E-state index contributed by atoms with van der Waals surface area (Å²) < 4.78 is 0. The Morgan fingerprint density at radius 1 is 1.50 bits per heavy atom. The Morgan fingerprint density at radius 2 is 2.43 bits per heavy atom. The molecule has 3 nitrogen and oxygen atoms in total. The molecule has 72 valence electrons. The molecule has 0 bridgehead atoms. The first kappa shape index (κ1) is 9.17. The predicted molar refractivity (Wildman–Crippen MR) is 53.5 cm³/mol. The van der Waals surface area contributed by atoms with Crippen molar-refractivity contribution in [3.8, 4) is 6.07 Å². The second-order valence-electron chi connectivity index (χ2n) is 3.58. The minimum absolute atomic E-state index is 0.344. The van der Waals surface area contributed by atoms with Gasteiger partial charge in [0.25, 0.3) is 0 Å². The Hall–Kier alpha value is -1.40. The van der Waals surface area contributed by atoms with Crippen LogP contribution in [0, 0.1) is 11.3 Å². The van der Waals surface area contributed by atoms with E-state index >= 15 is 0 Å². The van der Waals surface area contributed by atoms with E-state index in [1.165, 1.54) is 12.8 Å². The van der Waals surface area contributed by atoms with Crippen LogP contribution in [-0.4, -0.2) is 11.5 Å². The minimum atomic E-state index is 0.344. The quantitative estimate of drug-likeness (QED) is 0.728. The monoisotopic (exact) mass is 187 g/mol. The lowest BCUT2D eigenvalue weighted by atomic mass is 10.0. The van der Waals surface area contributed by atoms with Crippen molar-refractivity contribution in [2.45, 2.75) is 25.3 Å². The normalized spacial score (nSPS) is 21.5. The lowest BCUT2D eigenvalue weighted by Crippen LogP contribution is -2.27. The van der Waals surface area contributed by atoms with E-state index in [-0.39, 0.29) is 0 Å². The Bertz CT molecular complexity index is 348. The molecular weight excluding hydrogens is 174 g/mol. The molecule has 2 rings (SSSR count). The second-order valence-corrected chi connectivity index (χ2v) is 3.58. The van der Waals surface area contributed by atoms with E-state index in [1.807, 2.05) is 6.07 Å². The van der Waals surface area contributed by atoms with E-state index in [0.29, 0.717) is 11.6 Å². The molecule has 14 heavy (non-hydrogen) atoms. The van der Waals surface area contributed by atoms with E-state index in [0.717, 1.165) is 18.7 Å². The maximum atomic E-state index is 8.76. The van der Waals surface area contributed by atoms with Crippen molar-refractivity contribution in [2.75, 3.05) is 6.54 Å². The molecule has 3 heteroatoms. The molecule has 1 aromatic rings. The molecule has 0 aromatic carbocycles. The van der Waals surface area contributed by atoms with Gasteiger partial charge in [0.15, 0.2) is 0 Å². The van der Waals surface area contributed by atoms with Crippen molar-refractivity contribution in [1.82, 2.24) is 10.3 Å². The summed E-state index contributed by atoms with van der Waals surface area (Å²) in [6.07, 6.45) is 5.33. The lowest BCUT2D eigenvalue weighted by Gasteiger charge is -2.22. The average molecular weight is 187 g/mol. The van der Waals surface area contributed by atoms with Gasteiger partial charge in [-0.2, -0.15) is 5.26 Å². The highest BCUT2D eigenvalue weighted by Gasteiger charge is 2.15. The summed E-state index contributed by atoms with van der Waals surface area (Å²) in [6, 6.07) is 6.10. The van der Waals surface area contributed by atoms with Crippen LogP contribution < -0.4 is 5.32 Å². The average Bonchev–Trinajstić information content (AvgIpc) is 2.30. The largest absolute Gasteiger partial charge is 0.309 e. The van der Waals surface area contributed by atoms with Crippen molar-refractivity contribution >= 4 is 0 Å². The number of rotatable bonds is 1. The zero-order valence-corrected chi connectivity index (χ0v) is 8.03. The highest BCUT2D eigenvalue weighted by Crippen LogP contribution is 2.21. The molecule has 0 saturated carbocycles. The molecule has 1 fully saturated rings. The summed E-state index contributed by atoms with van der Waals surface area (Å²) in [5.41, 5.74) is 1.70. The summed E-state index contributed by atoms with van der Waals surface area (Å²) in [7, 11) is 0. The molecule has 0 unspecified atom stereocenters. The van der Waals surface area contributed by atoms with Crippen LogP contribution in [0.5, 0.6) is 0 Å². The van der Waals surface area contributed by atoms with Crippen LogP contribution in [0.4, 0.5) is 0 Å². The maximum Gasteiger partial charge on any atom is 0.0992 e. The van der Waals surface area contributed by atoms with Crippen molar-refractivity contribution in [3.05, 3.63) is 29.6 Å². The van der Waals surface area contributed by atoms with Gasteiger partial charge in [0, 0.05) is 12.2 Å². The Labute approximate surface area is 83.8 Å². The number of nitriles is 1. The summed E-state index contributed by atoms with van der Waals surface area (Å²) in [6.45, 7) is 1.06. The highest BCUT2D eigenvalue weighted by atomic mass is 14.9. The van der Waals surface area contributed by atoms with Crippen LogP contribution in [0.15, 0.2) is 18.3 Å². The van der Waals surface area contributed by atoms with E-state index in [4.69, 9.17) is 5.26 Å². The van der Waals surface area contributed by atoms with Gasteiger partial charge in [0.2, 0.25) is 0 Å². The maximum absolute atomic E-state index is 8.76. The van der Waals surface area contributed by atoms with Gasteiger partial charge in [-0.25, -0.2) is 0 Å². The fourth-order valence-corrected chi connectivity index (χ4v) is 1.81. The number of aromatic nitrogens is 1. The number of piperidine rings is 1. The Morgan fingerprint density at radius 3 is 3.14 bits per heavy atom. The lowest BCUT2D eigenvalue weighted by molar-refractivity contribution is 0.405. The SMILES string of the molecule is N#Cc1ccnc([C@H]2CCCCN2)c1. The summed E-state index contributed by atoms with van der Waals surface area (Å²) >= 11 is 0. The van der Waals surface area contributed by atoms with E-state index in [2.05, 4.69) is 16.4 Å². The van der Waals surface area contributed by atoms with Gasteiger partial charge in [-0.3, -0.25) is 4.98 Å². The third kappa shape index (κ3) is 1.91. The molecular formula is C11H13N3. The van der Waals surface area contributed by atoms with Gasteiger partial charge in [0.05, 0.1) is 17.3 Å². The van der Waals surface area contributed by atoms with Crippen molar-refractivity contribution in [1.29, 1.82) is 5.26 Å². The summed E-state index contributed by atoms with van der Waals surface area (Å²) in [5.74, 6) is 0. The van der Waals surface area contributed by atoms with Crippen molar-refractivity contribution in [3.63, 3.8) is 0 Å². The molecule has 1 aliphatic rings. The first-order valence-electron chi connectivity index (χ1n) is 4.99. The standard InChI is InChI=1S/C11H13N3/c12-8-9-4-6-14-11(7-9)10-3-1-2-5-13-10/h4,6-7,10,13H,1-3,5H2/t10-/m1/s1. The molecule has 2 heterocycles. The fourth-order valence-electron chi connectivity index (χ4n) is 1.81. The highest BCUT2D eigenvalue weighted by molar-refractivity contribution is 5.29. The zero-order chi connectivity index (χ0) is 9.80. The van der Waals surface area contributed by atoms with Gasteiger partial charge < -0.3 is 5.32 Å².